The van der Waals surface area contributed by atoms with Crippen molar-refractivity contribution in [2.45, 2.75) is 18.7 Å². The lowest BCUT2D eigenvalue weighted by atomic mass is 10.2. The highest BCUT2D eigenvalue weighted by molar-refractivity contribution is 7.90. The van der Waals surface area contributed by atoms with Crippen LogP contribution >= 0.6 is 11.3 Å². The second-order valence-corrected chi connectivity index (χ2v) is 7.54. The maximum Gasteiger partial charge on any atom is 0.153 e. The van der Waals surface area contributed by atoms with Gasteiger partial charge in [-0.2, -0.15) is 0 Å². The standard InChI is InChI=1S/C11H15FN2O2S2/c1-18(15,16)8-11-13-10(7-17-11)6-14-4-2-3-9(12)5-14/h3,7H,2,4-6,8H2,1H3. The minimum Gasteiger partial charge on any atom is -0.291 e. The van der Waals surface area contributed by atoms with Crippen LogP contribution in [0, 0.1) is 0 Å². The number of nitrogens with zero attached hydrogens (tertiary/aromatic N) is 2. The first-order valence-electron chi connectivity index (χ1n) is 5.60. The molecular weight excluding hydrogens is 275 g/mol. The molecule has 0 radical (unpaired) electrons. The lowest BCUT2D eigenvalue weighted by molar-refractivity contribution is 0.257. The topological polar surface area (TPSA) is 50.3 Å². The van der Waals surface area contributed by atoms with Gasteiger partial charge in [-0.25, -0.2) is 17.8 Å². The average Bonchev–Trinajstić information content (AvgIpc) is 2.62. The maximum atomic E-state index is 13.1. The molecule has 7 heteroatoms. The second kappa shape index (κ2) is 5.46. The summed E-state index contributed by atoms with van der Waals surface area (Å²) in [7, 11) is -3.04. The van der Waals surface area contributed by atoms with E-state index in [1.165, 1.54) is 17.6 Å². The molecule has 0 saturated carbocycles. The first-order valence-corrected chi connectivity index (χ1v) is 8.54. The third kappa shape index (κ3) is 4.15. The van der Waals surface area contributed by atoms with Crippen LogP contribution in [0.25, 0.3) is 0 Å². The fraction of sp³-hybridized carbons (Fsp3) is 0.545. The monoisotopic (exact) mass is 290 g/mol. The third-order valence-corrected chi connectivity index (χ3v) is 4.43. The van der Waals surface area contributed by atoms with E-state index in [2.05, 4.69) is 4.98 Å². The molecule has 1 aromatic heterocycles. The van der Waals surface area contributed by atoms with E-state index < -0.39 is 9.84 Å². The van der Waals surface area contributed by atoms with Gasteiger partial charge in [0, 0.05) is 24.7 Å². The van der Waals surface area contributed by atoms with Gasteiger partial charge in [0.15, 0.2) is 9.84 Å². The molecule has 1 aliphatic rings. The molecule has 0 N–H and O–H groups in total. The van der Waals surface area contributed by atoms with Gasteiger partial charge in [-0.15, -0.1) is 11.3 Å². The van der Waals surface area contributed by atoms with Crippen LogP contribution in [-0.4, -0.2) is 37.6 Å². The lowest BCUT2D eigenvalue weighted by Crippen LogP contribution is -2.28. The molecule has 0 atom stereocenters. The Kier molecular flexibility index (Phi) is 4.14. The SMILES string of the molecule is CS(=O)(=O)Cc1nc(CN2CCC=C(F)C2)cs1. The summed E-state index contributed by atoms with van der Waals surface area (Å²) in [5.74, 6) is -0.126. The van der Waals surface area contributed by atoms with Crippen LogP contribution in [0.15, 0.2) is 17.3 Å². The molecular formula is C11H15FN2O2S2. The Morgan fingerprint density at radius 1 is 1.56 bits per heavy atom. The zero-order valence-electron chi connectivity index (χ0n) is 10.1. The largest absolute Gasteiger partial charge is 0.291 e. The quantitative estimate of drug-likeness (QED) is 0.847. The molecule has 0 fully saturated rings. The lowest BCUT2D eigenvalue weighted by Gasteiger charge is -2.22. The predicted octanol–water partition coefficient (Wildman–Crippen LogP) is 1.75. The highest BCUT2D eigenvalue weighted by Gasteiger charge is 2.15. The van der Waals surface area contributed by atoms with Crippen molar-refractivity contribution in [3.63, 3.8) is 0 Å². The number of hydrogen-bond donors (Lipinski definition) is 0. The predicted molar refractivity (Wildman–Crippen MR) is 69.7 cm³/mol. The molecule has 4 nitrogen and oxygen atoms in total. The van der Waals surface area contributed by atoms with E-state index in [1.54, 1.807) is 6.08 Å². The molecule has 0 saturated heterocycles. The molecule has 0 bridgehead atoms. The van der Waals surface area contributed by atoms with Crippen molar-refractivity contribution in [2.24, 2.45) is 0 Å². The molecule has 2 heterocycles. The fourth-order valence-corrected chi connectivity index (χ4v) is 3.83. The Hall–Kier alpha value is -0.790. The van der Waals surface area contributed by atoms with E-state index in [0.717, 1.165) is 12.2 Å². The Labute approximate surface area is 110 Å². The number of aromatic nitrogens is 1. The van der Waals surface area contributed by atoms with Crippen LogP contribution in [0.4, 0.5) is 4.39 Å². The summed E-state index contributed by atoms with van der Waals surface area (Å²) in [5, 5.41) is 2.44. The number of thiazole rings is 1. The van der Waals surface area contributed by atoms with Crippen molar-refractivity contribution >= 4 is 21.2 Å². The smallest absolute Gasteiger partial charge is 0.153 e. The van der Waals surface area contributed by atoms with Crippen molar-refractivity contribution < 1.29 is 12.8 Å². The van der Waals surface area contributed by atoms with E-state index in [0.29, 0.717) is 24.5 Å². The molecule has 0 unspecified atom stereocenters. The van der Waals surface area contributed by atoms with Crippen molar-refractivity contribution in [3.8, 4) is 0 Å². The van der Waals surface area contributed by atoms with Gasteiger partial charge in [0.05, 0.1) is 12.2 Å². The van der Waals surface area contributed by atoms with Gasteiger partial charge in [0.25, 0.3) is 0 Å². The van der Waals surface area contributed by atoms with E-state index in [9.17, 15) is 12.8 Å². The normalized spacial score (nSPS) is 17.8. The van der Waals surface area contributed by atoms with E-state index in [-0.39, 0.29) is 11.6 Å². The van der Waals surface area contributed by atoms with Crippen molar-refractivity contribution in [1.82, 2.24) is 9.88 Å². The van der Waals surface area contributed by atoms with Crippen LogP contribution in [0.2, 0.25) is 0 Å². The minimum atomic E-state index is -3.04. The number of halogens is 1. The Bertz CT molecular complexity index is 551. The Balaban J connectivity index is 1.97. The van der Waals surface area contributed by atoms with Gasteiger partial charge in [-0.05, 0) is 6.42 Å². The highest BCUT2D eigenvalue weighted by atomic mass is 32.2. The summed E-state index contributed by atoms with van der Waals surface area (Å²) in [6.07, 6.45) is 3.51. The van der Waals surface area contributed by atoms with Crippen molar-refractivity contribution in [1.29, 1.82) is 0 Å². The van der Waals surface area contributed by atoms with Gasteiger partial charge in [0.2, 0.25) is 0 Å². The highest BCUT2D eigenvalue weighted by Crippen LogP contribution is 2.17. The summed E-state index contributed by atoms with van der Waals surface area (Å²) in [6.45, 7) is 1.70. The molecule has 1 aliphatic heterocycles. The first-order chi connectivity index (χ1) is 8.42. The molecule has 1 aromatic rings. The third-order valence-electron chi connectivity index (χ3n) is 2.56. The van der Waals surface area contributed by atoms with E-state index >= 15 is 0 Å². The molecule has 2 rings (SSSR count). The van der Waals surface area contributed by atoms with Crippen LogP contribution in [0.5, 0.6) is 0 Å². The van der Waals surface area contributed by atoms with Crippen molar-refractivity contribution in [3.05, 3.63) is 28.0 Å². The van der Waals surface area contributed by atoms with Crippen LogP contribution < -0.4 is 0 Å². The first kappa shape index (κ1) is 13.6. The molecule has 0 aromatic carbocycles. The van der Waals surface area contributed by atoms with E-state index in [1.807, 2.05) is 10.3 Å². The van der Waals surface area contributed by atoms with Gasteiger partial charge in [-0.1, -0.05) is 6.08 Å². The summed E-state index contributed by atoms with van der Waals surface area (Å²) in [5.41, 5.74) is 0.813. The van der Waals surface area contributed by atoms with Gasteiger partial charge >= 0.3 is 0 Å². The van der Waals surface area contributed by atoms with Crippen LogP contribution in [-0.2, 0) is 22.1 Å². The summed E-state index contributed by atoms with van der Waals surface area (Å²) < 4.78 is 35.4. The second-order valence-electron chi connectivity index (χ2n) is 4.45. The molecule has 100 valence electrons. The van der Waals surface area contributed by atoms with Crippen LogP contribution in [0.3, 0.4) is 0 Å². The van der Waals surface area contributed by atoms with E-state index in [4.69, 9.17) is 0 Å². The summed E-state index contributed by atoms with van der Waals surface area (Å²) in [4.78, 5) is 6.24. The summed E-state index contributed by atoms with van der Waals surface area (Å²) in [6, 6.07) is 0. The number of rotatable bonds is 4. The molecule has 0 aliphatic carbocycles. The zero-order chi connectivity index (χ0) is 13.2. The van der Waals surface area contributed by atoms with Gasteiger partial charge in [0.1, 0.15) is 16.6 Å². The van der Waals surface area contributed by atoms with Crippen molar-refractivity contribution in [2.75, 3.05) is 19.3 Å². The Morgan fingerprint density at radius 2 is 2.33 bits per heavy atom. The zero-order valence-corrected chi connectivity index (χ0v) is 11.7. The molecule has 0 spiro atoms. The van der Waals surface area contributed by atoms with Gasteiger partial charge < -0.3 is 0 Å². The minimum absolute atomic E-state index is 0.0219. The fourth-order valence-electron chi connectivity index (χ4n) is 1.84. The molecule has 0 amide bonds. The van der Waals surface area contributed by atoms with Crippen LogP contribution in [0.1, 0.15) is 17.1 Å². The average molecular weight is 290 g/mol. The maximum absolute atomic E-state index is 13.1. The Morgan fingerprint density at radius 3 is 3.00 bits per heavy atom. The summed E-state index contributed by atoms with van der Waals surface area (Å²) >= 11 is 1.34. The molecule has 18 heavy (non-hydrogen) atoms. The number of hydrogen-bond acceptors (Lipinski definition) is 5. The van der Waals surface area contributed by atoms with Gasteiger partial charge in [-0.3, -0.25) is 4.90 Å². The number of sulfone groups is 1.